The van der Waals surface area contributed by atoms with Gasteiger partial charge < -0.3 is 0 Å². The van der Waals surface area contributed by atoms with Crippen LogP contribution in [-0.4, -0.2) is 6.29 Å². The maximum atomic E-state index is 10.3. The van der Waals surface area contributed by atoms with Gasteiger partial charge in [0, 0.05) is 0 Å². The summed E-state index contributed by atoms with van der Waals surface area (Å²) < 4.78 is 0. The Hall–Kier alpha value is -1.37. The van der Waals surface area contributed by atoms with E-state index in [9.17, 15) is 4.79 Å². The van der Waals surface area contributed by atoms with Crippen molar-refractivity contribution < 1.29 is 4.79 Å². The Balaban J connectivity index is 2.60. The summed E-state index contributed by atoms with van der Waals surface area (Å²) in [4.78, 5) is 10.3. The number of allylic oxidation sites excluding steroid dienone is 2. The van der Waals surface area contributed by atoms with E-state index in [2.05, 4.69) is 12.1 Å². The van der Waals surface area contributed by atoms with Crippen molar-refractivity contribution in [2.45, 2.75) is 13.3 Å². The van der Waals surface area contributed by atoms with Gasteiger partial charge in [-0.05, 0) is 24.5 Å². The average molecular weight is 160 g/mol. The first kappa shape index (κ1) is 8.72. The van der Waals surface area contributed by atoms with E-state index in [4.69, 9.17) is 0 Å². The Morgan fingerprint density at radius 3 is 2.58 bits per heavy atom. The van der Waals surface area contributed by atoms with E-state index in [0.29, 0.717) is 0 Å². The Kier molecular flexibility index (Phi) is 3.27. The van der Waals surface area contributed by atoms with Crippen molar-refractivity contribution in [1.82, 2.24) is 0 Å². The zero-order valence-electron chi connectivity index (χ0n) is 7.16. The van der Waals surface area contributed by atoms with Crippen molar-refractivity contribution in [1.29, 1.82) is 0 Å². The number of benzene rings is 1. The van der Waals surface area contributed by atoms with Crippen molar-refractivity contribution >= 4 is 6.29 Å². The average Bonchev–Trinajstić information content (AvgIpc) is 2.16. The number of carbonyl (C=O) groups is 1. The second-order valence-corrected chi connectivity index (χ2v) is 2.76. The van der Waals surface area contributed by atoms with E-state index >= 15 is 0 Å². The molecule has 0 saturated heterocycles. The van der Waals surface area contributed by atoms with Gasteiger partial charge in [0.25, 0.3) is 0 Å². The number of hydrogen-bond acceptors (Lipinski definition) is 1. The summed E-state index contributed by atoms with van der Waals surface area (Å²) in [5, 5.41) is 0. The molecule has 0 atom stereocenters. The monoisotopic (exact) mass is 160 g/mol. The Morgan fingerprint density at radius 2 is 2.00 bits per heavy atom. The lowest BCUT2D eigenvalue weighted by Crippen LogP contribution is -1.82. The van der Waals surface area contributed by atoms with Crippen LogP contribution in [0, 0.1) is 0 Å². The number of carbonyl (C=O) groups excluding carboxylic acids is 1. The standard InChI is InChI=1S/C11H12O/c1-10(9-12)7-8-11-5-3-2-4-6-11/h2-7,9H,8H2,1H3/b10-7+. The van der Waals surface area contributed by atoms with Gasteiger partial charge in [-0.15, -0.1) is 0 Å². The topological polar surface area (TPSA) is 17.1 Å². The fourth-order valence-corrected chi connectivity index (χ4v) is 0.941. The third-order valence-corrected chi connectivity index (χ3v) is 1.69. The highest BCUT2D eigenvalue weighted by atomic mass is 16.1. The van der Waals surface area contributed by atoms with Gasteiger partial charge in [0.15, 0.2) is 0 Å². The van der Waals surface area contributed by atoms with Crippen LogP contribution in [0.15, 0.2) is 42.0 Å². The van der Waals surface area contributed by atoms with Crippen LogP contribution in [0.3, 0.4) is 0 Å². The molecule has 62 valence electrons. The molecule has 12 heavy (non-hydrogen) atoms. The molecule has 0 aliphatic heterocycles. The van der Waals surface area contributed by atoms with Crippen molar-refractivity contribution in [3.05, 3.63) is 47.5 Å². The first-order valence-corrected chi connectivity index (χ1v) is 3.99. The summed E-state index contributed by atoms with van der Waals surface area (Å²) >= 11 is 0. The normalized spacial score (nSPS) is 11.2. The molecule has 0 radical (unpaired) electrons. The Bertz CT molecular complexity index is 272. The molecule has 0 unspecified atom stereocenters. The SMILES string of the molecule is C/C(C=O)=C\Cc1ccccc1. The highest BCUT2D eigenvalue weighted by molar-refractivity contribution is 5.72. The fraction of sp³-hybridized carbons (Fsp3) is 0.182. The fourth-order valence-electron chi connectivity index (χ4n) is 0.941. The van der Waals surface area contributed by atoms with Crippen LogP contribution in [0.5, 0.6) is 0 Å². The molecule has 1 aromatic carbocycles. The molecule has 0 amide bonds. The van der Waals surface area contributed by atoms with Crippen LogP contribution in [0.4, 0.5) is 0 Å². The lowest BCUT2D eigenvalue weighted by molar-refractivity contribution is -0.104. The molecular formula is C11H12O. The minimum atomic E-state index is 0.791. The van der Waals surface area contributed by atoms with Crippen molar-refractivity contribution in [2.75, 3.05) is 0 Å². The molecule has 1 aromatic rings. The highest BCUT2D eigenvalue weighted by Crippen LogP contribution is 2.01. The van der Waals surface area contributed by atoms with E-state index in [0.717, 1.165) is 18.3 Å². The zero-order chi connectivity index (χ0) is 8.81. The molecule has 0 fully saturated rings. The summed E-state index contributed by atoms with van der Waals surface area (Å²) in [6, 6.07) is 10.1. The molecule has 1 nitrogen and oxygen atoms in total. The molecule has 0 aliphatic carbocycles. The van der Waals surface area contributed by atoms with Crippen molar-refractivity contribution in [3.8, 4) is 0 Å². The van der Waals surface area contributed by atoms with Crippen LogP contribution in [0.1, 0.15) is 12.5 Å². The van der Waals surface area contributed by atoms with E-state index < -0.39 is 0 Å². The van der Waals surface area contributed by atoms with E-state index in [1.807, 2.05) is 31.2 Å². The van der Waals surface area contributed by atoms with Crippen LogP contribution in [0.25, 0.3) is 0 Å². The van der Waals surface area contributed by atoms with Gasteiger partial charge in [-0.3, -0.25) is 4.79 Å². The molecule has 0 bridgehead atoms. The van der Waals surface area contributed by atoms with E-state index in [-0.39, 0.29) is 0 Å². The van der Waals surface area contributed by atoms with Crippen LogP contribution >= 0.6 is 0 Å². The van der Waals surface area contributed by atoms with E-state index in [1.54, 1.807) is 0 Å². The molecular weight excluding hydrogens is 148 g/mol. The minimum absolute atomic E-state index is 0.791. The molecule has 0 N–H and O–H groups in total. The van der Waals surface area contributed by atoms with Gasteiger partial charge in [0.2, 0.25) is 0 Å². The molecule has 0 heterocycles. The smallest absolute Gasteiger partial charge is 0.145 e. The summed E-state index contributed by atoms with van der Waals surface area (Å²) in [7, 11) is 0. The van der Waals surface area contributed by atoms with Crippen molar-refractivity contribution in [3.63, 3.8) is 0 Å². The summed E-state index contributed by atoms with van der Waals surface area (Å²) in [5.41, 5.74) is 2.03. The predicted octanol–water partition coefficient (Wildman–Crippen LogP) is 2.37. The molecule has 1 rings (SSSR count). The molecule has 1 heteroatoms. The Morgan fingerprint density at radius 1 is 1.33 bits per heavy atom. The first-order chi connectivity index (χ1) is 5.83. The quantitative estimate of drug-likeness (QED) is 0.490. The maximum absolute atomic E-state index is 10.3. The molecule has 0 aromatic heterocycles. The van der Waals surface area contributed by atoms with Gasteiger partial charge in [-0.2, -0.15) is 0 Å². The first-order valence-electron chi connectivity index (χ1n) is 3.99. The van der Waals surface area contributed by atoms with Crippen LogP contribution in [0.2, 0.25) is 0 Å². The predicted molar refractivity (Wildman–Crippen MR) is 50.0 cm³/mol. The second-order valence-electron chi connectivity index (χ2n) is 2.76. The van der Waals surface area contributed by atoms with E-state index in [1.165, 1.54) is 5.56 Å². The number of hydrogen-bond donors (Lipinski definition) is 0. The minimum Gasteiger partial charge on any atom is -0.298 e. The summed E-state index contributed by atoms with van der Waals surface area (Å²) in [6.45, 7) is 1.82. The van der Waals surface area contributed by atoms with Crippen molar-refractivity contribution in [2.24, 2.45) is 0 Å². The third kappa shape index (κ3) is 2.70. The molecule has 0 saturated carbocycles. The van der Waals surface area contributed by atoms with Crippen LogP contribution < -0.4 is 0 Å². The highest BCUT2D eigenvalue weighted by Gasteiger charge is 1.87. The molecule has 0 spiro atoms. The van der Waals surface area contributed by atoms with Gasteiger partial charge in [0.05, 0.1) is 0 Å². The lowest BCUT2D eigenvalue weighted by Gasteiger charge is -1.94. The third-order valence-electron chi connectivity index (χ3n) is 1.69. The van der Waals surface area contributed by atoms with Gasteiger partial charge >= 0.3 is 0 Å². The lowest BCUT2D eigenvalue weighted by atomic mass is 10.1. The second kappa shape index (κ2) is 4.50. The maximum Gasteiger partial charge on any atom is 0.145 e. The van der Waals surface area contributed by atoms with Gasteiger partial charge in [-0.1, -0.05) is 36.4 Å². The molecule has 0 aliphatic rings. The zero-order valence-corrected chi connectivity index (χ0v) is 7.16. The summed E-state index contributed by atoms with van der Waals surface area (Å²) in [6.07, 6.45) is 3.65. The van der Waals surface area contributed by atoms with Gasteiger partial charge in [0.1, 0.15) is 6.29 Å². The van der Waals surface area contributed by atoms with Crippen LogP contribution in [-0.2, 0) is 11.2 Å². The Labute approximate surface area is 72.7 Å². The largest absolute Gasteiger partial charge is 0.298 e. The van der Waals surface area contributed by atoms with Gasteiger partial charge in [-0.25, -0.2) is 0 Å². The number of aldehydes is 1. The summed E-state index contributed by atoms with van der Waals surface area (Å²) in [5.74, 6) is 0. The number of rotatable bonds is 3.